The summed E-state index contributed by atoms with van der Waals surface area (Å²) in [6.45, 7) is 1.45. The molecule has 1 saturated heterocycles. The van der Waals surface area contributed by atoms with Gasteiger partial charge in [-0.15, -0.1) is 0 Å². The molecule has 2 aliphatic heterocycles. The van der Waals surface area contributed by atoms with Crippen LogP contribution in [0.3, 0.4) is 0 Å². The Balaban J connectivity index is 1.45. The molecule has 4 rings (SSSR count). The molecule has 0 bridgehead atoms. The minimum Gasteiger partial charge on any atom is -0.325 e. The number of rotatable bonds is 3. The van der Waals surface area contributed by atoms with Crippen LogP contribution in [0.5, 0.6) is 0 Å². The van der Waals surface area contributed by atoms with Crippen LogP contribution in [0.15, 0.2) is 48.5 Å². The lowest BCUT2D eigenvalue weighted by Crippen LogP contribution is -2.44. The third kappa shape index (κ3) is 3.48. The monoisotopic (exact) mass is 349 g/mol. The number of piperidine rings is 1. The second-order valence-corrected chi connectivity index (χ2v) is 6.95. The van der Waals surface area contributed by atoms with Gasteiger partial charge in [-0.1, -0.05) is 30.3 Å². The van der Waals surface area contributed by atoms with Crippen molar-refractivity contribution in [2.24, 2.45) is 0 Å². The fraction of sp³-hybridized carbons (Fsp3) is 0.333. The van der Waals surface area contributed by atoms with Crippen molar-refractivity contribution >= 4 is 23.2 Å². The quantitative estimate of drug-likeness (QED) is 0.896. The van der Waals surface area contributed by atoms with Crippen molar-refractivity contribution in [3.63, 3.8) is 0 Å². The van der Waals surface area contributed by atoms with E-state index in [1.165, 1.54) is 11.1 Å². The summed E-state index contributed by atoms with van der Waals surface area (Å²) in [5, 5.41) is 6.30. The van der Waals surface area contributed by atoms with Gasteiger partial charge in [-0.2, -0.15) is 0 Å². The smallest absolute Gasteiger partial charge is 0.241 e. The predicted molar refractivity (Wildman–Crippen MR) is 102 cm³/mol. The SMILES string of the molecule is O=C(Nc1cccc(N2CCCCC2=O)c1)C1Cc2ccccc2CN1. The van der Waals surface area contributed by atoms with E-state index in [0.29, 0.717) is 19.4 Å². The second kappa shape index (κ2) is 7.30. The average Bonchev–Trinajstić information content (AvgIpc) is 2.68. The third-order valence-corrected chi connectivity index (χ3v) is 5.15. The highest BCUT2D eigenvalue weighted by Crippen LogP contribution is 2.24. The molecule has 134 valence electrons. The normalized spacial score (nSPS) is 19.8. The first-order chi connectivity index (χ1) is 12.7. The van der Waals surface area contributed by atoms with Crippen LogP contribution in [0, 0.1) is 0 Å². The first-order valence-corrected chi connectivity index (χ1v) is 9.22. The molecule has 2 aromatic carbocycles. The molecule has 0 spiro atoms. The predicted octanol–water partition coefficient (Wildman–Crippen LogP) is 2.86. The molecule has 5 nitrogen and oxygen atoms in total. The van der Waals surface area contributed by atoms with Crippen molar-refractivity contribution in [2.75, 3.05) is 16.8 Å². The maximum Gasteiger partial charge on any atom is 0.241 e. The molecule has 2 heterocycles. The number of nitrogens with zero attached hydrogens (tertiary/aromatic N) is 1. The maximum absolute atomic E-state index is 12.7. The van der Waals surface area contributed by atoms with Crippen molar-refractivity contribution < 1.29 is 9.59 Å². The summed E-state index contributed by atoms with van der Waals surface area (Å²) in [5.41, 5.74) is 4.06. The molecule has 26 heavy (non-hydrogen) atoms. The Morgan fingerprint density at radius 2 is 1.92 bits per heavy atom. The lowest BCUT2D eigenvalue weighted by molar-refractivity contribution is -0.119. The Morgan fingerprint density at radius 3 is 2.77 bits per heavy atom. The van der Waals surface area contributed by atoms with Crippen LogP contribution in [-0.4, -0.2) is 24.4 Å². The minimum atomic E-state index is -0.245. The van der Waals surface area contributed by atoms with Gasteiger partial charge in [-0.25, -0.2) is 0 Å². The topological polar surface area (TPSA) is 61.4 Å². The van der Waals surface area contributed by atoms with Gasteiger partial charge in [0.25, 0.3) is 0 Å². The molecule has 2 amide bonds. The molecule has 5 heteroatoms. The van der Waals surface area contributed by atoms with Crippen molar-refractivity contribution in [3.05, 3.63) is 59.7 Å². The van der Waals surface area contributed by atoms with E-state index in [9.17, 15) is 9.59 Å². The summed E-state index contributed by atoms with van der Waals surface area (Å²) >= 11 is 0. The van der Waals surface area contributed by atoms with Crippen molar-refractivity contribution in [1.82, 2.24) is 5.32 Å². The van der Waals surface area contributed by atoms with Crippen LogP contribution in [0.2, 0.25) is 0 Å². The van der Waals surface area contributed by atoms with Crippen LogP contribution < -0.4 is 15.5 Å². The summed E-state index contributed by atoms with van der Waals surface area (Å²) < 4.78 is 0. The largest absolute Gasteiger partial charge is 0.325 e. The highest BCUT2D eigenvalue weighted by molar-refractivity contribution is 5.97. The number of nitrogens with one attached hydrogen (secondary N) is 2. The fourth-order valence-corrected chi connectivity index (χ4v) is 3.70. The van der Waals surface area contributed by atoms with Gasteiger partial charge in [-0.3, -0.25) is 9.59 Å². The molecule has 0 saturated carbocycles. The van der Waals surface area contributed by atoms with Gasteiger partial charge >= 0.3 is 0 Å². The molecular weight excluding hydrogens is 326 g/mol. The average molecular weight is 349 g/mol. The molecule has 0 aliphatic carbocycles. The lowest BCUT2D eigenvalue weighted by atomic mass is 9.95. The number of fused-ring (bicyclic) bond motifs is 1. The second-order valence-electron chi connectivity index (χ2n) is 6.95. The summed E-state index contributed by atoms with van der Waals surface area (Å²) in [4.78, 5) is 26.6. The Labute approximate surface area is 153 Å². The standard InChI is InChI=1S/C21H23N3O2/c25-20-10-3-4-11-24(20)18-9-5-8-17(13-18)23-21(26)19-12-15-6-1-2-7-16(15)14-22-19/h1-2,5-9,13,19,22H,3-4,10-12,14H2,(H,23,26). The summed E-state index contributed by atoms with van der Waals surface area (Å²) in [6.07, 6.45) is 3.27. The number of anilines is 2. The van der Waals surface area contributed by atoms with Gasteiger partial charge in [0.15, 0.2) is 0 Å². The molecule has 2 aliphatic rings. The van der Waals surface area contributed by atoms with Crippen molar-refractivity contribution in [1.29, 1.82) is 0 Å². The molecule has 2 aromatic rings. The summed E-state index contributed by atoms with van der Waals surface area (Å²) in [7, 11) is 0. The molecule has 2 N–H and O–H groups in total. The van der Waals surface area contributed by atoms with E-state index >= 15 is 0 Å². The van der Waals surface area contributed by atoms with Crippen molar-refractivity contribution in [3.8, 4) is 0 Å². The number of hydrogen-bond donors (Lipinski definition) is 2. The van der Waals surface area contributed by atoms with Crippen LogP contribution in [0.1, 0.15) is 30.4 Å². The lowest BCUT2D eigenvalue weighted by Gasteiger charge is -2.28. The highest BCUT2D eigenvalue weighted by atomic mass is 16.2. The Morgan fingerprint density at radius 1 is 1.08 bits per heavy atom. The maximum atomic E-state index is 12.7. The molecule has 1 fully saturated rings. The van der Waals surface area contributed by atoms with Gasteiger partial charge in [-0.05, 0) is 48.6 Å². The van der Waals surface area contributed by atoms with Crippen molar-refractivity contribution in [2.45, 2.75) is 38.3 Å². The first-order valence-electron chi connectivity index (χ1n) is 9.22. The van der Waals surface area contributed by atoms with Crippen LogP contribution in [-0.2, 0) is 22.6 Å². The van der Waals surface area contributed by atoms with E-state index in [0.717, 1.165) is 30.8 Å². The number of amides is 2. The first kappa shape index (κ1) is 16.8. The van der Waals surface area contributed by atoms with Gasteiger partial charge in [0.1, 0.15) is 0 Å². The molecular formula is C21H23N3O2. The Hall–Kier alpha value is -2.66. The van der Waals surface area contributed by atoms with E-state index in [4.69, 9.17) is 0 Å². The van der Waals surface area contributed by atoms with E-state index in [-0.39, 0.29) is 17.9 Å². The molecule has 0 radical (unpaired) electrons. The molecule has 0 aromatic heterocycles. The summed E-state index contributed by atoms with van der Waals surface area (Å²) in [6, 6.07) is 15.5. The van der Waals surface area contributed by atoms with Gasteiger partial charge < -0.3 is 15.5 Å². The Bertz CT molecular complexity index is 834. The van der Waals surface area contributed by atoms with E-state index < -0.39 is 0 Å². The van der Waals surface area contributed by atoms with Gasteiger partial charge in [0, 0.05) is 30.9 Å². The van der Waals surface area contributed by atoms with Crippen LogP contribution in [0.4, 0.5) is 11.4 Å². The fourth-order valence-electron chi connectivity index (χ4n) is 3.70. The van der Waals surface area contributed by atoms with E-state index in [1.54, 1.807) is 0 Å². The van der Waals surface area contributed by atoms with Crippen LogP contribution in [0.25, 0.3) is 0 Å². The Kier molecular flexibility index (Phi) is 4.71. The number of benzene rings is 2. The third-order valence-electron chi connectivity index (χ3n) is 5.15. The number of hydrogen-bond acceptors (Lipinski definition) is 3. The number of carbonyl (C=O) groups is 2. The zero-order chi connectivity index (χ0) is 17.9. The highest BCUT2D eigenvalue weighted by Gasteiger charge is 2.24. The van der Waals surface area contributed by atoms with E-state index in [2.05, 4.69) is 22.8 Å². The number of carbonyl (C=O) groups excluding carboxylic acids is 2. The zero-order valence-electron chi connectivity index (χ0n) is 14.7. The van der Waals surface area contributed by atoms with Gasteiger partial charge in [0.2, 0.25) is 11.8 Å². The van der Waals surface area contributed by atoms with Gasteiger partial charge in [0.05, 0.1) is 6.04 Å². The molecule has 1 atom stereocenters. The van der Waals surface area contributed by atoms with Crippen LogP contribution >= 0.6 is 0 Å². The summed E-state index contributed by atoms with van der Waals surface area (Å²) in [5.74, 6) is 0.118. The zero-order valence-corrected chi connectivity index (χ0v) is 14.7. The van der Waals surface area contributed by atoms with E-state index in [1.807, 2.05) is 41.3 Å². The minimum absolute atomic E-state index is 0.0402. The molecule has 1 unspecified atom stereocenters.